The molecule has 12 rings (SSSR count). The van der Waals surface area contributed by atoms with Gasteiger partial charge in [0.05, 0.1) is 22.6 Å². The van der Waals surface area contributed by atoms with E-state index in [9.17, 15) is 0 Å². The number of pyridine rings is 1. The van der Waals surface area contributed by atoms with Crippen molar-refractivity contribution in [1.29, 1.82) is 0 Å². The third-order valence-electron chi connectivity index (χ3n) is 12.6. The zero-order valence-corrected chi connectivity index (χ0v) is 36.5. The van der Waals surface area contributed by atoms with Crippen LogP contribution in [0.15, 0.2) is 255 Å². The molecule has 67 heavy (non-hydrogen) atoms. The quantitative estimate of drug-likeness (QED) is 0.145. The Bertz CT molecular complexity index is 3630. The van der Waals surface area contributed by atoms with Crippen LogP contribution in [0.25, 0.3) is 117 Å². The minimum absolute atomic E-state index is 0.667. The molecule has 4 heteroatoms. The van der Waals surface area contributed by atoms with E-state index in [1.165, 1.54) is 0 Å². The molecule has 0 fully saturated rings. The number of fused-ring (bicyclic) bond motifs is 3. The second-order valence-electron chi connectivity index (χ2n) is 16.8. The Balaban J connectivity index is 1.06. The van der Waals surface area contributed by atoms with Crippen molar-refractivity contribution in [3.63, 3.8) is 0 Å². The monoisotopic (exact) mass is 854 g/mol. The smallest absolute Gasteiger partial charge is 0.160 e. The van der Waals surface area contributed by atoms with Crippen LogP contribution in [0, 0.1) is 0 Å². The normalized spacial score (nSPS) is 11.3. The average Bonchev–Trinajstić information content (AvgIpc) is 3.83. The van der Waals surface area contributed by atoms with Crippen LogP contribution in [0.5, 0.6) is 0 Å². The maximum absolute atomic E-state index is 5.56. The molecular formula is C63H42N4. The molecule has 0 spiro atoms. The van der Waals surface area contributed by atoms with E-state index in [1.807, 2.05) is 6.07 Å². The molecule has 12 aromatic rings. The fourth-order valence-corrected chi connectivity index (χ4v) is 9.44. The van der Waals surface area contributed by atoms with Gasteiger partial charge in [-0.1, -0.05) is 231 Å². The maximum Gasteiger partial charge on any atom is 0.160 e. The molecule has 0 aliphatic rings. The molecule has 0 amide bonds. The van der Waals surface area contributed by atoms with Gasteiger partial charge >= 0.3 is 0 Å². The zero-order chi connectivity index (χ0) is 44.5. The molecule has 0 saturated heterocycles. The highest BCUT2D eigenvalue weighted by molar-refractivity contribution is 6.15. The third kappa shape index (κ3) is 7.47. The lowest BCUT2D eigenvalue weighted by Gasteiger charge is -2.18. The number of aromatic nitrogens is 4. The highest BCUT2D eigenvalue weighted by Crippen LogP contribution is 2.46. The molecule has 314 valence electrons. The Morgan fingerprint density at radius 1 is 0.269 bits per heavy atom. The van der Waals surface area contributed by atoms with E-state index in [-0.39, 0.29) is 0 Å². The summed E-state index contributed by atoms with van der Waals surface area (Å²) in [5.74, 6) is 0.667. The summed E-state index contributed by atoms with van der Waals surface area (Å²) < 4.78 is 2.20. The first-order valence-electron chi connectivity index (χ1n) is 22.7. The van der Waals surface area contributed by atoms with E-state index < -0.39 is 0 Å². The van der Waals surface area contributed by atoms with Gasteiger partial charge in [0.25, 0.3) is 0 Å². The van der Waals surface area contributed by atoms with Crippen molar-refractivity contribution in [1.82, 2.24) is 19.6 Å². The van der Waals surface area contributed by atoms with Crippen molar-refractivity contribution in [3.05, 3.63) is 255 Å². The van der Waals surface area contributed by atoms with Crippen LogP contribution in [0.1, 0.15) is 0 Å². The molecule has 0 aliphatic heterocycles. The molecule has 4 nitrogen and oxygen atoms in total. The topological polar surface area (TPSA) is 43.1 Å². The Labute approximate surface area is 389 Å². The lowest BCUT2D eigenvalue weighted by molar-refractivity contribution is 0.981. The lowest BCUT2D eigenvalue weighted by atomic mass is 9.91. The van der Waals surface area contributed by atoms with Gasteiger partial charge in [0, 0.05) is 44.3 Å². The Kier molecular flexibility index (Phi) is 10.2. The van der Waals surface area contributed by atoms with Gasteiger partial charge in [-0.25, -0.2) is 14.5 Å². The largest absolute Gasteiger partial charge is 0.231 e. The molecular weight excluding hydrogens is 813 g/mol. The Morgan fingerprint density at radius 2 is 0.657 bits per heavy atom. The van der Waals surface area contributed by atoms with Crippen LogP contribution in [-0.2, 0) is 0 Å². The van der Waals surface area contributed by atoms with Crippen LogP contribution in [-0.4, -0.2) is 19.6 Å². The van der Waals surface area contributed by atoms with Crippen molar-refractivity contribution in [3.8, 4) is 101 Å². The van der Waals surface area contributed by atoms with Crippen LogP contribution in [0.4, 0.5) is 0 Å². The highest BCUT2D eigenvalue weighted by Gasteiger charge is 2.25. The van der Waals surface area contributed by atoms with E-state index in [1.54, 1.807) is 0 Å². The van der Waals surface area contributed by atoms with Crippen molar-refractivity contribution >= 4 is 16.3 Å². The summed E-state index contributed by atoms with van der Waals surface area (Å²) in [5.41, 5.74) is 18.8. The number of rotatable bonds is 9. The van der Waals surface area contributed by atoms with Gasteiger partial charge in [0.1, 0.15) is 5.69 Å². The average molecular weight is 855 g/mol. The Hall–Kier alpha value is -8.99. The van der Waals surface area contributed by atoms with E-state index >= 15 is 0 Å². The van der Waals surface area contributed by atoms with Crippen LogP contribution in [0.3, 0.4) is 0 Å². The summed E-state index contributed by atoms with van der Waals surface area (Å²) in [4.78, 5) is 10.6. The third-order valence-corrected chi connectivity index (χ3v) is 12.6. The minimum Gasteiger partial charge on any atom is -0.231 e. The summed E-state index contributed by atoms with van der Waals surface area (Å²) >= 11 is 0. The Morgan fingerprint density at radius 3 is 1.19 bits per heavy atom. The number of benzene rings is 9. The first kappa shape index (κ1) is 39.6. The van der Waals surface area contributed by atoms with Gasteiger partial charge in [-0.15, -0.1) is 0 Å². The van der Waals surface area contributed by atoms with E-state index in [2.05, 4.69) is 253 Å². The highest BCUT2D eigenvalue weighted by atomic mass is 15.2. The number of hydrogen-bond acceptors (Lipinski definition) is 3. The summed E-state index contributed by atoms with van der Waals surface area (Å²) in [6.45, 7) is 0. The van der Waals surface area contributed by atoms with Crippen molar-refractivity contribution < 1.29 is 0 Å². The molecule has 0 radical (unpaired) electrons. The van der Waals surface area contributed by atoms with Crippen LogP contribution < -0.4 is 0 Å². The van der Waals surface area contributed by atoms with Crippen LogP contribution >= 0.6 is 0 Å². The standard InChI is InChI=1S/C63H42N4/c1-7-21-43(22-8-1)51-39-52(44-23-9-2-10-24-44)41-53(40-51)63-64-56(45-25-11-3-12-26-45)42-57(65-63)46-35-37-48(38-36-46)58-54-33-19-20-34-55(54)62-59(47-27-13-4-14-28-47)60(49-29-15-5-16-30-49)66-67(62)61(58)50-31-17-6-18-32-50/h1-42H. The summed E-state index contributed by atoms with van der Waals surface area (Å²) in [6, 6.07) is 89.8. The zero-order valence-electron chi connectivity index (χ0n) is 36.5. The first-order chi connectivity index (χ1) is 33.2. The first-order valence-corrected chi connectivity index (χ1v) is 22.7. The van der Waals surface area contributed by atoms with Gasteiger partial charge in [-0.2, -0.15) is 5.10 Å². The molecule has 9 aromatic carbocycles. The van der Waals surface area contributed by atoms with E-state index in [0.29, 0.717) is 5.82 Å². The van der Waals surface area contributed by atoms with E-state index in [0.717, 1.165) is 111 Å². The number of hydrogen-bond donors (Lipinski definition) is 0. The molecule has 0 N–H and O–H groups in total. The van der Waals surface area contributed by atoms with Gasteiger partial charge < -0.3 is 0 Å². The lowest BCUT2D eigenvalue weighted by Crippen LogP contribution is -2.00. The van der Waals surface area contributed by atoms with Crippen molar-refractivity contribution in [2.45, 2.75) is 0 Å². The van der Waals surface area contributed by atoms with Crippen molar-refractivity contribution in [2.24, 2.45) is 0 Å². The molecule has 3 heterocycles. The summed E-state index contributed by atoms with van der Waals surface area (Å²) in [7, 11) is 0. The van der Waals surface area contributed by atoms with Gasteiger partial charge in [-0.05, 0) is 63.0 Å². The minimum atomic E-state index is 0.667. The van der Waals surface area contributed by atoms with Crippen molar-refractivity contribution in [2.75, 3.05) is 0 Å². The second kappa shape index (κ2) is 17.2. The summed E-state index contributed by atoms with van der Waals surface area (Å²) in [6.07, 6.45) is 0. The maximum atomic E-state index is 5.56. The van der Waals surface area contributed by atoms with Crippen LogP contribution in [0.2, 0.25) is 0 Å². The molecule has 3 aromatic heterocycles. The molecule has 0 atom stereocenters. The molecule has 0 unspecified atom stereocenters. The predicted octanol–water partition coefficient (Wildman–Crippen LogP) is 16.3. The summed E-state index contributed by atoms with van der Waals surface area (Å²) in [5, 5.41) is 7.85. The van der Waals surface area contributed by atoms with Gasteiger partial charge in [0.2, 0.25) is 0 Å². The fourth-order valence-electron chi connectivity index (χ4n) is 9.44. The molecule has 0 bridgehead atoms. The second-order valence-corrected chi connectivity index (χ2v) is 16.8. The molecule has 0 saturated carbocycles. The van der Waals surface area contributed by atoms with Gasteiger partial charge in [0.15, 0.2) is 5.82 Å². The predicted molar refractivity (Wildman–Crippen MR) is 277 cm³/mol. The SMILES string of the molecule is c1ccc(-c2cc(-c3ccccc3)cc(-c3nc(-c4ccccc4)cc(-c4ccc(-c5c(-c6ccccc6)n6nc(-c7ccccc7)c(-c7ccccc7)c6c6ccccc56)cc4)n3)c2)cc1. The van der Waals surface area contributed by atoms with Gasteiger partial charge in [-0.3, -0.25) is 0 Å². The number of nitrogens with zero attached hydrogens (tertiary/aromatic N) is 4. The fraction of sp³-hybridized carbons (Fsp3) is 0. The molecule has 0 aliphatic carbocycles. The van der Waals surface area contributed by atoms with E-state index in [4.69, 9.17) is 15.1 Å².